The van der Waals surface area contributed by atoms with Gasteiger partial charge in [0.05, 0.1) is 6.04 Å². The summed E-state index contributed by atoms with van der Waals surface area (Å²) < 4.78 is 0. The number of nitrogens with zero attached hydrogens (tertiary/aromatic N) is 1. The normalized spacial score (nSPS) is 22.1. The van der Waals surface area contributed by atoms with Crippen molar-refractivity contribution >= 4 is 28.3 Å². The van der Waals surface area contributed by atoms with Crippen molar-refractivity contribution in [3.63, 3.8) is 0 Å². The van der Waals surface area contributed by atoms with E-state index < -0.39 is 0 Å². The van der Waals surface area contributed by atoms with Crippen LogP contribution in [-0.4, -0.2) is 23.0 Å². The molecule has 0 aromatic carbocycles. The van der Waals surface area contributed by atoms with E-state index >= 15 is 0 Å². The number of hydrogen-bond donors (Lipinski definition) is 1. The van der Waals surface area contributed by atoms with Crippen LogP contribution < -0.4 is 5.32 Å². The molecule has 0 aliphatic carbocycles. The van der Waals surface area contributed by atoms with Gasteiger partial charge < -0.3 is 5.32 Å². The Morgan fingerprint density at radius 2 is 2.35 bits per heavy atom. The highest BCUT2D eigenvalue weighted by molar-refractivity contribution is 8.13. The SMILES string of the molecule is Cc1ccc(CC(C)NC2=NC(C)CCS2)s1. The molecular weight excluding hydrogens is 248 g/mol. The van der Waals surface area contributed by atoms with Crippen molar-refractivity contribution in [1.82, 2.24) is 5.32 Å². The molecule has 1 aromatic heterocycles. The summed E-state index contributed by atoms with van der Waals surface area (Å²) in [4.78, 5) is 7.49. The van der Waals surface area contributed by atoms with Crippen molar-refractivity contribution in [2.45, 2.75) is 45.7 Å². The average Bonchev–Trinajstić information content (AvgIpc) is 2.63. The Hall–Kier alpha value is -0.480. The molecule has 0 radical (unpaired) electrons. The number of rotatable bonds is 3. The summed E-state index contributed by atoms with van der Waals surface area (Å²) in [6.45, 7) is 6.58. The molecule has 0 saturated heterocycles. The second-order valence-corrected chi connectivity index (χ2v) is 7.14. The summed E-state index contributed by atoms with van der Waals surface area (Å²) in [5.74, 6) is 1.19. The molecule has 0 bridgehead atoms. The number of amidine groups is 1. The van der Waals surface area contributed by atoms with Gasteiger partial charge in [-0.2, -0.15) is 0 Å². The van der Waals surface area contributed by atoms with Crippen LogP contribution in [0.15, 0.2) is 17.1 Å². The van der Waals surface area contributed by atoms with Crippen molar-refractivity contribution in [3.8, 4) is 0 Å². The van der Waals surface area contributed by atoms with Crippen LogP contribution in [0.2, 0.25) is 0 Å². The van der Waals surface area contributed by atoms with E-state index in [1.54, 1.807) is 0 Å². The molecular formula is C13H20N2S2. The minimum Gasteiger partial charge on any atom is -0.362 e. The van der Waals surface area contributed by atoms with Gasteiger partial charge in [-0.1, -0.05) is 11.8 Å². The summed E-state index contributed by atoms with van der Waals surface area (Å²) in [6, 6.07) is 5.37. The van der Waals surface area contributed by atoms with Gasteiger partial charge >= 0.3 is 0 Å². The van der Waals surface area contributed by atoms with Gasteiger partial charge in [0, 0.05) is 28.0 Å². The monoisotopic (exact) mass is 268 g/mol. The van der Waals surface area contributed by atoms with Crippen molar-refractivity contribution in [2.75, 3.05) is 5.75 Å². The van der Waals surface area contributed by atoms with E-state index in [9.17, 15) is 0 Å². The second-order valence-electron chi connectivity index (χ2n) is 4.68. The highest BCUT2D eigenvalue weighted by Gasteiger charge is 2.14. The summed E-state index contributed by atoms with van der Waals surface area (Å²) in [5.41, 5.74) is 0. The first-order valence-electron chi connectivity index (χ1n) is 6.16. The molecule has 1 aromatic rings. The predicted molar refractivity (Wildman–Crippen MR) is 79.3 cm³/mol. The van der Waals surface area contributed by atoms with Crippen LogP contribution >= 0.6 is 23.1 Å². The molecule has 2 atom stereocenters. The van der Waals surface area contributed by atoms with Gasteiger partial charge in [0.25, 0.3) is 0 Å². The Kier molecular flexibility index (Phi) is 4.51. The standard InChI is InChI=1S/C13H20N2S2/c1-9-6-7-16-13(14-9)15-10(2)8-12-5-4-11(3)17-12/h4-5,9-10H,6-8H2,1-3H3,(H,14,15). The Balaban J connectivity index is 1.86. The Morgan fingerprint density at radius 3 is 3.00 bits per heavy atom. The van der Waals surface area contributed by atoms with Crippen molar-refractivity contribution in [3.05, 3.63) is 21.9 Å². The van der Waals surface area contributed by atoms with Crippen LogP contribution in [0.1, 0.15) is 30.0 Å². The highest BCUT2D eigenvalue weighted by atomic mass is 32.2. The highest BCUT2D eigenvalue weighted by Crippen LogP contribution is 2.19. The molecule has 0 amide bonds. The van der Waals surface area contributed by atoms with Crippen LogP contribution in [0.4, 0.5) is 0 Å². The lowest BCUT2D eigenvalue weighted by Gasteiger charge is -2.21. The third-order valence-corrected chi connectivity index (χ3v) is 4.74. The predicted octanol–water partition coefficient (Wildman–Crippen LogP) is 3.46. The first-order valence-corrected chi connectivity index (χ1v) is 7.96. The molecule has 0 fully saturated rings. The molecule has 2 unspecified atom stereocenters. The lowest BCUT2D eigenvalue weighted by atomic mass is 10.2. The van der Waals surface area contributed by atoms with E-state index in [-0.39, 0.29) is 0 Å². The molecule has 2 nitrogen and oxygen atoms in total. The van der Waals surface area contributed by atoms with Crippen LogP contribution in [-0.2, 0) is 6.42 Å². The van der Waals surface area contributed by atoms with E-state index in [2.05, 4.69) is 43.2 Å². The van der Waals surface area contributed by atoms with E-state index in [1.807, 2.05) is 23.1 Å². The quantitative estimate of drug-likeness (QED) is 0.908. The lowest BCUT2D eigenvalue weighted by Crippen LogP contribution is -2.34. The largest absolute Gasteiger partial charge is 0.362 e. The second kappa shape index (κ2) is 5.91. The van der Waals surface area contributed by atoms with Gasteiger partial charge in [-0.15, -0.1) is 11.3 Å². The van der Waals surface area contributed by atoms with Gasteiger partial charge in [0.1, 0.15) is 0 Å². The summed E-state index contributed by atoms with van der Waals surface area (Å²) in [5, 5.41) is 4.66. The maximum absolute atomic E-state index is 4.64. The average molecular weight is 268 g/mol. The van der Waals surface area contributed by atoms with E-state index in [0.717, 1.165) is 11.6 Å². The minimum absolute atomic E-state index is 0.463. The van der Waals surface area contributed by atoms with Gasteiger partial charge in [-0.3, -0.25) is 4.99 Å². The first kappa shape index (κ1) is 13.0. The molecule has 0 spiro atoms. The molecule has 94 valence electrons. The Morgan fingerprint density at radius 1 is 1.53 bits per heavy atom. The summed E-state index contributed by atoms with van der Waals surface area (Å²) >= 11 is 3.75. The number of hydrogen-bond acceptors (Lipinski definition) is 4. The molecule has 2 rings (SSSR count). The van der Waals surface area contributed by atoms with Gasteiger partial charge in [0.15, 0.2) is 5.17 Å². The van der Waals surface area contributed by atoms with Gasteiger partial charge in [-0.25, -0.2) is 0 Å². The molecule has 1 N–H and O–H groups in total. The first-order chi connectivity index (χ1) is 8.13. The molecule has 4 heteroatoms. The maximum atomic E-state index is 4.64. The topological polar surface area (TPSA) is 24.4 Å². The number of aliphatic imine (C=N–C) groups is 1. The fraction of sp³-hybridized carbons (Fsp3) is 0.615. The number of aryl methyl sites for hydroxylation is 1. The smallest absolute Gasteiger partial charge is 0.157 e. The Bertz CT molecular complexity index is 398. The maximum Gasteiger partial charge on any atom is 0.157 e. The van der Waals surface area contributed by atoms with E-state index in [4.69, 9.17) is 0 Å². The molecule has 17 heavy (non-hydrogen) atoms. The van der Waals surface area contributed by atoms with Gasteiger partial charge in [-0.05, 0) is 39.3 Å². The molecule has 1 aliphatic heterocycles. The third kappa shape index (κ3) is 4.03. The van der Waals surface area contributed by atoms with E-state index in [1.165, 1.54) is 21.9 Å². The minimum atomic E-state index is 0.463. The van der Waals surface area contributed by atoms with Crippen LogP contribution in [0.25, 0.3) is 0 Å². The Labute approximate surface area is 112 Å². The van der Waals surface area contributed by atoms with Gasteiger partial charge in [0.2, 0.25) is 0 Å². The molecule has 0 saturated carbocycles. The third-order valence-electron chi connectivity index (χ3n) is 2.79. The van der Waals surface area contributed by atoms with Crippen molar-refractivity contribution in [1.29, 1.82) is 0 Å². The zero-order chi connectivity index (χ0) is 12.3. The summed E-state index contributed by atoms with van der Waals surface area (Å²) in [7, 11) is 0. The molecule has 1 aliphatic rings. The fourth-order valence-electron chi connectivity index (χ4n) is 1.87. The number of nitrogens with one attached hydrogen (secondary N) is 1. The van der Waals surface area contributed by atoms with Crippen molar-refractivity contribution in [2.24, 2.45) is 4.99 Å². The zero-order valence-corrected chi connectivity index (χ0v) is 12.3. The lowest BCUT2D eigenvalue weighted by molar-refractivity contribution is 0.653. The van der Waals surface area contributed by atoms with Crippen LogP contribution in [0.3, 0.4) is 0 Å². The van der Waals surface area contributed by atoms with Crippen LogP contribution in [0, 0.1) is 6.92 Å². The summed E-state index contributed by atoms with van der Waals surface area (Å²) in [6.07, 6.45) is 2.29. The zero-order valence-electron chi connectivity index (χ0n) is 10.7. The number of thiophene rings is 1. The van der Waals surface area contributed by atoms with E-state index in [0.29, 0.717) is 12.1 Å². The number of thioether (sulfide) groups is 1. The van der Waals surface area contributed by atoms with Crippen molar-refractivity contribution < 1.29 is 0 Å². The van der Waals surface area contributed by atoms with Crippen LogP contribution in [0.5, 0.6) is 0 Å². The molecule has 2 heterocycles. The fourth-order valence-corrected chi connectivity index (χ4v) is 4.08.